The van der Waals surface area contributed by atoms with E-state index in [-0.39, 0.29) is 28.7 Å². The van der Waals surface area contributed by atoms with Gasteiger partial charge in [-0.15, -0.1) is 0 Å². The first kappa shape index (κ1) is 19.2. The van der Waals surface area contributed by atoms with Crippen molar-refractivity contribution in [3.63, 3.8) is 0 Å². The first-order valence-corrected chi connectivity index (χ1v) is 11.2. The number of rotatable bonds is 2. The van der Waals surface area contributed by atoms with Gasteiger partial charge >= 0.3 is 0 Å². The minimum atomic E-state index is -3.06. The van der Waals surface area contributed by atoms with Crippen molar-refractivity contribution >= 4 is 44.0 Å². The molecule has 6 nitrogen and oxygen atoms in total. The molecule has 2 fully saturated rings. The fourth-order valence-electron chi connectivity index (χ4n) is 3.03. The van der Waals surface area contributed by atoms with Gasteiger partial charge in [0.15, 0.2) is 15.0 Å². The summed E-state index contributed by atoms with van der Waals surface area (Å²) in [4.78, 5) is 20.7. The summed E-state index contributed by atoms with van der Waals surface area (Å²) in [5, 5.41) is 0.521. The van der Waals surface area contributed by atoms with Gasteiger partial charge in [0.05, 0.1) is 17.5 Å². The molecule has 0 unspecified atom stereocenters. The van der Waals surface area contributed by atoms with Gasteiger partial charge in [-0.25, -0.2) is 8.42 Å². The number of thioether (sulfide) groups is 1. The van der Waals surface area contributed by atoms with E-state index in [1.54, 1.807) is 0 Å². The summed E-state index contributed by atoms with van der Waals surface area (Å²) in [6, 6.07) is 7.71. The van der Waals surface area contributed by atoms with Crippen LogP contribution < -0.4 is 9.80 Å². The molecule has 142 valence electrons. The lowest BCUT2D eigenvalue weighted by molar-refractivity contribution is -0.124. The largest absolute Gasteiger partial charge is 0.378 e. The van der Waals surface area contributed by atoms with Crippen molar-refractivity contribution in [2.75, 3.05) is 35.4 Å². The summed E-state index contributed by atoms with van der Waals surface area (Å²) < 4.78 is 24.2. The van der Waals surface area contributed by atoms with E-state index in [4.69, 9.17) is 0 Å². The summed E-state index contributed by atoms with van der Waals surface area (Å²) in [6.07, 6.45) is 0. The molecule has 2 atom stereocenters. The van der Waals surface area contributed by atoms with Crippen LogP contribution in [0.3, 0.4) is 0 Å². The number of hydrogen-bond donors (Lipinski definition) is 0. The maximum atomic E-state index is 12.4. The zero-order chi connectivity index (χ0) is 19.3. The second kappa shape index (κ2) is 6.56. The fourth-order valence-corrected chi connectivity index (χ4v) is 6.94. The normalized spacial score (nSPS) is 26.2. The molecule has 0 N–H and O–H groups in total. The van der Waals surface area contributed by atoms with Crippen LogP contribution in [0.2, 0.25) is 0 Å². The first-order valence-electron chi connectivity index (χ1n) is 8.55. The number of amidine groups is 1. The minimum Gasteiger partial charge on any atom is -0.378 e. The van der Waals surface area contributed by atoms with Crippen LogP contribution in [0, 0.1) is 5.41 Å². The molecule has 2 heterocycles. The maximum absolute atomic E-state index is 12.4. The van der Waals surface area contributed by atoms with Crippen molar-refractivity contribution in [2.45, 2.75) is 32.1 Å². The number of fused-ring (bicyclic) bond motifs is 1. The van der Waals surface area contributed by atoms with Crippen LogP contribution in [0.15, 0.2) is 29.3 Å². The van der Waals surface area contributed by atoms with Crippen molar-refractivity contribution in [3.05, 3.63) is 24.3 Å². The Labute approximate surface area is 159 Å². The maximum Gasteiger partial charge on any atom is 0.253 e. The zero-order valence-electron chi connectivity index (χ0n) is 15.8. The Kier molecular flexibility index (Phi) is 4.85. The van der Waals surface area contributed by atoms with Gasteiger partial charge in [-0.3, -0.25) is 4.79 Å². The minimum absolute atomic E-state index is 0.0833. The molecule has 0 radical (unpaired) electrons. The third-order valence-electron chi connectivity index (χ3n) is 4.55. The third-order valence-corrected chi connectivity index (χ3v) is 7.76. The number of carbonyl (C=O) groups excluding carboxylic acids is 1. The van der Waals surface area contributed by atoms with Crippen LogP contribution >= 0.6 is 11.8 Å². The van der Waals surface area contributed by atoms with Crippen LogP contribution in [-0.2, 0) is 14.6 Å². The van der Waals surface area contributed by atoms with Gasteiger partial charge in [0.2, 0.25) is 0 Å². The van der Waals surface area contributed by atoms with Gasteiger partial charge in [0.1, 0.15) is 0 Å². The molecular formula is C18H25N3O3S2. The molecule has 8 heteroatoms. The molecule has 0 bridgehead atoms. The van der Waals surface area contributed by atoms with E-state index in [0.29, 0.717) is 5.17 Å². The van der Waals surface area contributed by atoms with E-state index in [1.165, 1.54) is 11.8 Å². The number of amides is 1. The Morgan fingerprint density at radius 2 is 1.81 bits per heavy atom. The highest BCUT2D eigenvalue weighted by molar-refractivity contribution is 8.16. The zero-order valence-corrected chi connectivity index (χ0v) is 17.4. The lowest BCUT2D eigenvalue weighted by Gasteiger charge is -2.26. The Hall–Kier alpha value is -1.54. The van der Waals surface area contributed by atoms with Crippen LogP contribution in [0.25, 0.3) is 0 Å². The molecule has 1 aromatic rings. The molecule has 3 rings (SSSR count). The topological polar surface area (TPSA) is 70.0 Å². The SMILES string of the molecule is CN(C)c1ccc(N2C(=NC(=O)C(C)(C)C)S[C@H]3CS(=O)(=O)C[C@@H]32)cc1. The molecular weight excluding hydrogens is 370 g/mol. The molecule has 0 saturated carbocycles. The average molecular weight is 396 g/mol. The van der Waals surface area contributed by atoms with E-state index < -0.39 is 15.3 Å². The van der Waals surface area contributed by atoms with E-state index >= 15 is 0 Å². The highest BCUT2D eigenvalue weighted by Gasteiger charge is 2.49. The number of nitrogens with zero attached hydrogens (tertiary/aromatic N) is 3. The van der Waals surface area contributed by atoms with Crippen molar-refractivity contribution in [2.24, 2.45) is 10.4 Å². The van der Waals surface area contributed by atoms with Gasteiger partial charge in [0, 0.05) is 36.1 Å². The second-order valence-corrected chi connectivity index (χ2v) is 11.4. The molecule has 1 aromatic carbocycles. The Balaban J connectivity index is 2.00. The molecule has 0 aliphatic carbocycles. The summed E-state index contributed by atoms with van der Waals surface area (Å²) in [7, 11) is 0.876. The van der Waals surface area contributed by atoms with Crippen molar-refractivity contribution in [1.82, 2.24) is 0 Å². The van der Waals surface area contributed by atoms with Gasteiger partial charge in [0.25, 0.3) is 5.91 Å². The number of hydrogen-bond acceptors (Lipinski definition) is 5. The van der Waals surface area contributed by atoms with Gasteiger partial charge in [-0.1, -0.05) is 32.5 Å². The molecule has 2 saturated heterocycles. The lowest BCUT2D eigenvalue weighted by Crippen LogP contribution is -2.38. The van der Waals surface area contributed by atoms with E-state index in [9.17, 15) is 13.2 Å². The highest BCUT2D eigenvalue weighted by atomic mass is 32.2. The van der Waals surface area contributed by atoms with Crippen LogP contribution in [0.5, 0.6) is 0 Å². The predicted octanol–water partition coefficient (Wildman–Crippen LogP) is 2.40. The second-order valence-electron chi connectivity index (χ2n) is 8.03. The molecule has 2 aliphatic rings. The highest BCUT2D eigenvalue weighted by Crippen LogP contribution is 2.41. The monoisotopic (exact) mass is 395 g/mol. The van der Waals surface area contributed by atoms with Crippen molar-refractivity contribution in [3.8, 4) is 0 Å². The molecule has 1 amide bonds. The Morgan fingerprint density at radius 3 is 2.35 bits per heavy atom. The molecule has 2 aliphatic heterocycles. The molecule has 0 spiro atoms. The van der Waals surface area contributed by atoms with Crippen LogP contribution in [0.4, 0.5) is 11.4 Å². The number of benzene rings is 1. The van der Waals surface area contributed by atoms with E-state index in [0.717, 1.165) is 11.4 Å². The average Bonchev–Trinajstić information content (AvgIpc) is 2.97. The smallest absolute Gasteiger partial charge is 0.253 e. The Morgan fingerprint density at radius 1 is 1.19 bits per heavy atom. The van der Waals surface area contributed by atoms with Crippen LogP contribution in [-0.4, -0.2) is 56.4 Å². The van der Waals surface area contributed by atoms with Gasteiger partial charge in [-0.05, 0) is 24.3 Å². The predicted molar refractivity (Wildman–Crippen MR) is 109 cm³/mol. The van der Waals surface area contributed by atoms with E-state index in [1.807, 2.05) is 68.9 Å². The standard InChI is InChI=1S/C18H25N3O3S2/c1-18(2,3)16(22)19-17-21(13-8-6-12(7-9-13)20(4)5)14-10-26(23,24)11-15(14)25-17/h6-9,14-15H,10-11H2,1-5H3/t14-,15-/m0/s1. The number of carbonyl (C=O) groups is 1. The molecule has 0 aromatic heterocycles. The summed E-state index contributed by atoms with van der Waals surface area (Å²) >= 11 is 1.41. The molecule has 26 heavy (non-hydrogen) atoms. The quantitative estimate of drug-likeness (QED) is 0.766. The first-order chi connectivity index (χ1) is 12.0. The summed E-state index contributed by atoms with van der Waals surface area (Å²) in [6.45, 7) is 5.50. The third kappa shape index (κ3) is 3.76. The van der Waals surface area contributed by atoms with Crippen molar-refractivity contribution in [1.29, 1.82) is 0 Å². The number of aliphatic imine (C=N–C) groups is 1. The van der Waals surface area contributed by atoms with Crippen LogP contribution in [0.1, 0.15) is 20.8 Å². The van der Waals surface area contributed by atoms with E-state index in [2.05, 4.69) is 4.99 Å². The fraction of sp³-hybridized carbons (Fsp3) is 0.556. The van der Waals surface area contributed by atoms with Gasteiger partial charge in [-0.2, -0.15) is 4.99 Å². The van der Waals surface area contributed by atoms with Gasteiger partial charge < -0.3 is 9.80 Å². The lowest BCUT2D eigenvalue weighted by atomic mass is 9.96. The summed E-state index contributed by atoms with van der Waals surface area (Å²) in [5.41, 5.74) is 1.35. The Bertz CT molecular complexity index is 839. The summed E-state index contributed by atoms with van der Waals surface area (Å²) in [5.74, 6) is 0.0397. The van der Waals surface area contributed by atoms with Crippen molar-refractivity contribution < 1.29 is 13.2 Å². The number of sulfone groups is 1. The number of anilines is 2.